The minimum Gasteiger partial charge on any atom is -0.453 e. The number of furan rings is 1. The van der Waals surface area contributed by atoms with Crippen molar-refractivity contribution in [3.8, 4) is 0 Å². The number of hydrogen-bond acceptors (Lipinski definition) is 7. The summed E-state index contributed by atoms with van der Waals surface area (Å²) in [6.07, 6.45) is 3.45. The predicted molar refractivity (Wildman–Crippen MR) is 106 cm³/mol. The van der Waals surface area contributed by atoms with Gasteiger partial charge in [0.2, 0.25) is 5.95 Å². The van der Waals surface area contributed by atoms with Gasteiger partial charge < -0.3 is 19.5 Å². The normalized spacial score (nSPS) is 15.4. The molecule has 1 saturated heterocycles. The summed E-state index contributed by atoms with van der Waals surface area (Å²) in [4.78, 5) is 17.9. The van der Waals surface area contributed by atoms with Gasteiger partial charge in [-0.15, -0.1) is 0 Å². The van der Waals surface area contributed by atoms with E-state index in [4.69, 9.17) is 4.42 Å². The number of halogens is 1. The summed E-state index contributed by atoms with van der Waals surface area (Å²) >= 11 is 0. The van der Waals surface area contributed by atoms with Crippen molar-refractivity contribution >= 4 is 39.5 Å². The maximum Gasteiger partial charge on any atom is 0.229 e. The van der Waals surface area contributed by atoms with Crippen LogP contribution in [0.15, 0.2) is 47.1 Å². The second-order valence-electron chi connectivity index (χ2n) is 6.97. The second-order valence-corrected chi connectivity index (χ2v) is 6.97. The summed E-state index contributed by atoms with van der Waals surface area (Å²) < 4.78 is 19.0. The molecule has 0 saturated carbocycles. The Bertz CT molecular complexity index is 1130. The molecule has 4 heterocycles. The van der Waals surface area contributed by atoms with Crippen molar-refractivity contribution < 1.29 is 8.81 Å². The van der Waals surface area contributed by atoms with Gasteiger partial charge in [0.05, 0.1) is 18.1 Å². The lowest BCUT2D eigenvalue weighted by Gasteiger charge is -2.33. The molecule has 142 valence electrons. The van der Waals surface area contributed by atoms with Crippen molar-refractivity contribution in [3.63, 3.8) is 0 Å². The highest BCUT2D eigenvalue weighted by molar-refractivity contribution is 6.02. The second kappa shape index (κ2) is 6.72. The van der Waals surface area contributed by atoms with Crippen LogP contribution in [0.4, 0.5) is 21.8 Å². The van der Waals surface area contributed by atoms with Gasteiger partial charge in [-0.3, -0.25) is 0 Å². The Hall–Kier alpha value is -3.26. The third kappa shape index (κ3) is 3.11. The minimum absolute atomic E-state index is 0.345. The molecule has 0 bridgehead atoms. The number of likely N-dealkylation sites (N-methyl/N-ethyl adjacent to an activating group) is 1. The molecule has 8 heteroatoms. The highest BCUT2D eigenvalue weighted by Gasteiger charge is 2.15. The summed E-state index contributed by atoms with van der Waals surface area (Å²) in [6.45, 7) is 4.10. The van der Waals surface area contributed by atoms with Gasteiger partial charge >= 0.3 is 0 Å². The number of nitrogens with zero attached hydrogens (tertiary/aromatic N) is 5. The number of piperazine rings is 1. The molecule has 1 aliphatic rings. The van der Waals surface area contributed by atoms with E-state index in [0.717, 1.165) is 37.3 Å². The highest BCUT2D eigenvalue weighted by Crippen LogP contribution is 2.28. The van der Waals surface area contributed by atoms with Crippen molar-refractivity contribution in [1.29, 1.82) is 0 Å². The van der Waals surface area contributed by atoms with Crippen LogP contribution in [0, 0.1) is 5.82 Å². The molecule has 0 unspecified atom stereocenters. The number of nitrogens with one attached hydrogen (secondary N) is 1. The van der Waals surface area contributed by atoms with Gasteiger partial charge in [0.1, 0.15) is 22.7 Å². The van der Waals surface area contributed by atoms with Crippen LogP contribution in [0.1, 0.15) is 0 Å². The zero-order valence-electron chi connectivity index (χ0n) is 15.4. The van der Waals surface area contributed by atoms with E-state index in [-0.39, 0.29) is 5.82 Å². The van der Waals surface area contributed by atoms with Crippen LogP contribution in [-0.2, 0) is 0 Å². The number of fused-ring (bicyclic) bond motifs is 3. The van der Waals surface area contributed by atoms with Crippen molar-refractivity contribution in [2.24, 2.45) is 0 Å². The average molecular weight is 378 g/mol. The van der Waals surface area contributed by atoms with Gasteiger partial charge in [-0.25, -0.2) is 19.3 Å². The maximum absolute atomic E-state index is 13.4. The maximum atomic E-state index is 13.4. The molecular weight excluding hydrogens is 359 g/mol. The lowest BCUT2D eigenvalue weighted by Crippen LogP contribution is -2.44. The third-order valence-electron chi connectivity index (χ3n) is 5.03. The summed E-state index contributed by atoms with van der Waals surface area (Å²) in [6, 6.07) is 8.38. The van der Waals surface area contributed by atoms with E-state index in [1.165, 1.54) is 12.1 Å². The third-order valence-corrected chi connectivity index (χ3v) is 5.03. The summed E-state index contributed by atoms with van der Waals surface area (Å²) in [5.74, 6) is 0.734. The SMILES string of the molecule is CN1CCN(c2ccc(Nc3ncc4oc5cc(F)ccc5c4n3)nc2)CC1. The number of benzene rings is 1. The lowest BCUT2D eigenvalue weighted by atomic mass is 10.2. The Morgan fingerprint density at radius 1 is 1.00 bits per heavy atom. The molecule has 0 amide bonds. The van der Waals surface area contributed by atoms with E-state index in [1.807, 2.05) is 12.3 Å². The van der Waals surface area contributed by atoms with Gasteiger partial charge in [-0.05, 0) is 31.3 Å². The first-order valence-corrected chi connectivity index (χ1v) is 9.17. The first kappa shape index (κ1) is 16.9. The fourth-order valence-electron chi connectivity index (χ4n) is 3.42. The molecule has 0 radical (unpaired) electrons. The van der Waals surface area contributed by atoms with Gasteiger partial charge in [-0.1, -0.05) is 0 Å². The molecule has 0 atom stereocenters. The van der Waals surface area contributed by atoms with Crippen LogP contribution < -0.4 is 10.2 Å². The average Bonchev–Trinajstić information content (AvgIpc) is 3.06. The molecule has 1 fully saturated rings. The number of pyridine rings is 1. The van der Waals surface area contributed by atoms with E-state index in [1.54, 1.807) is 12.3 Å². The van der Waals surface area contributed by atoms with E-state index < -0.39 is 0 Å². The Morgan fingerprint density at radius 3 is 2.64 bits per heavy atom. The monoisotopic (exact) mass is 378 g/mol. The van der Waals surface area contributed by atoms with Gasteiger partial charge in [-0.2, -0.15) is 0 Å². The van der Waals surface area contributed by atoms with Crippen LogP contribution in [0.2, 0.25) is 0 Å². The van der Waals surface area contributed by atoms with E-state index in [9.17, 15) is 4.39 Å². The molecular formula is C20H19FN6O. The quantitative estimate of drug-likeness (QED) is 0.586. The molecule has 1 aromatic carbocycles. The summed E-state index contributed by atoms with van der Waals surface area (Å²) in [7, 11) is 2.14. The molecule has 1 N–H and O–H groups in total. The smallest absolute Gasteiger partial charge is 0.229 e. The Morgan fingerprint density at radius 2 is 1.86 bits per heavy atom. The van der Waals surface area contributed by atoms with Gasteiger partial charge in [0.15, 0.2) is 5.58 Å². The van der Waals surface area contributed by atoms with Crippen LogP contribution in [-0.4, -0.2) is 53.1 Å². The molecule has 0 aliphatic carbocycles. The number of anilines is 3. The van der Waals surface area contributed by atoms with E-state index in [0.29, 0.717) is 28.4 Å². The topological polar surface area (TPSA) is 70.3 Å². The highest BCUT2D eigenvalue weighted by atomic mass is 19.1. The van der Waals surface area contributed by atoms with Crippen LogP contribution in [0.3, 0.4) is 0 Å². The fraction of sp³-hybridized carbons (Fsp3) is 0.250. The first-order chi connectivity index (χ1) is 13.7. The number of hydrogen-bond donors (Lipinski definition) is 1. The predicted octanol–water partition coefficient (Wildman–Crippen LogP) is 3.41. The molecule has 5 rings (SSSR count). The largest absolute Gasteiger partial charge is 0.453 e. The fourth-order valence-corrected chi connectivity index (χ4v) is 3.42. The van der Waals surface area contributed by atoms with E-state index in [2.05, 4.69) is 43.2 Å². The van der Waals surface area contributed by atoms with Crippen LogP contribution in [0.5, 0.6) is 0 Å². The minimum atomic E-state index is -0.345. The molecule has 0 spiro atoms. The van der Waals surface area contributed by atoms with Crippen LogP contribution in [0.25, 0.3) is 22.1 Å². The standard InChI is InChI=1S/C20H19FN6O/c1-26-6-8-27(9-7-26)14-3-5-18(22-11-14)24-20-23-12-17-19(25-20)15-4-2-13(21)10-16(15)28-17/h2-5,10-12H,6-9H2,1H3,(H,22,23,24,25). The molecule has 4 aromatic rings. The van der Waals surface area contributed by atoms with Crippen molar-refractivity contribution in [1.82, 2.24) is 19.9 Å². The van der Waals surface area contributed by atoms with Crippen molar-refractivity contribution in [2.75, 3.05) is 43.4 Å². The Balaban J connectivity index is 1.38. The lowest BCUT2D eigenvalue weighted by molar-refractivity contribution is 0.313. The van der Waals surface area contributed by atoms with Crippen LogP contribution >= 0.6 is 0 Å². The summed E-state index contributed by atoms with van der Waals surface area (Å²) in [5, 5.41) is 3.87. The number of aromatic nitrogens is 3. The zero-order valence-corrected chi connectivity index (χ0v) is 15.4. The Labute approximate surface area is 160 Å². The Kier molecular flexibility index (Phi) is 4.05. The molecule has 7 nitrogen and oxygen atoms in total. The van der Waals surface area contributed by atoms with E-state index >= 15 is 0 Å². The molecule has 28 heavy (non-hydrogen) atoms. The number of rotatable bonds is 3. The molecule has 3 aromatic heterocycles. The van der Waals surface area contributed by atoms with Crippen molar-refractivity contribution in [3.05, 3.63) is 48.5 Å². The first-order valence-electron chi connectivity index (χ1n) is 9.17. The van der Waals surface area contributed by atoms with Crippen molar-refractivity contribution in [2.45, 2.75) is 0 Å². The van der Waals surface area contributed by atoms with Gasteiger partial charge in [0, 0.05) is 37.6 Å². The molecule has 1 aliphatic heterocycles. The van der Waals surface area contributed by atoms with Gasteiger partial charge in [0.25, 0.3) is 0 Å². The summed E-state index contributed by atoms with van der Waals surface area (Å²) in [5.41, 5.74) is 2.72. The zero-order chi connectivity index (χ0) is 19.1.